The maximum atomic E-state index is 12.4. The van der Waals surface area contributed by atoms with Crippen molar-refractivity contribution in [3.8, 4) is 0 Å². The highest BCUT2D eigenvalue weighted by Crippen LogP contribution is 2.25. The lowest BCUT2D eigenvalue weighted by Crippen LogP contribution is -2.32. The van der Waals surface area contributed by atoms with Gasteiger partial charge in [-0.2, -0.15) is 0 Å². The molecule has 5 nitrogen and oxygen atoms in total. The Morgan fingerprint density at radius 3 is 2.30 bits per heavy atom. The minimum atomic E-state index is -0.495. The van der Waals surface area contributed by atoms with Crippen LogP contribution in [0.25, 0.3) is 0 Å². The van der Waals surface area contributed by atoms with E-state index in [2.05, 4.69) is 0 Å². The van der Waals surface area contributed by atoms with Gasteiger partial charge in [0.05, 0.1) is 17.2 Å². The Labute approximate surface area is 163 Å². The first-order valence-corrected chi connectivity index (χ1v) is 9.16. The van der Waals surface area contributed by atoms with Crippen molar-refractivity contribution in [1.29, 1.82) is 0 Å². The lowest BCUT2D eigenvalue weighted by Gasteiger charge is -2.19. The second-order valence-corrected chi connectivity index (χ2v) is 7.07. The summed E-state index contributed by atoms with van der Waals surface area (Å²) in [5.41, 5.74) is 1.95. The molecule has 3 atom stereocenters. The molecule has 1 unspecified atom stereocenters. The number of carbonyl (C=O) groups is 2. The molecule has 1 heterocycles. The first kappa shape index (κ1) is 19.4. The van der Waals surface area contributed by atoms with Gasteiger partial charge in [0.2, 0.25) is 0 Å². The molecule has 3 rings (SSSR count). The van der Waals surface area contributed by atoms with E-state index in [4.69, 9.17) is 25.8 Å². The summed E-state index contributed by atoms with van der Waals surface area (Å²) in [7, 11) is 0. The average molecular weight is 389 g/mol. The number of hydrogen-bond donors (Lipinski definition) is 0. The molecule has 1 fully saturated rings. The number of benzene rings is 2. The largest absolute Gasteiger partial charge is 0.459 e. The maximum absolute atomic E-state index is 12.4. The second-order valence-electron chi connectivity index (χ2n) is 6.64. The van der Waals surface area contributed by atoms with Gasteiger partial charge >= 0.3 is 11.9 Å². The van der Waals surface area contributed by atoms with Crippen molar-refractivity contribution in [2.24, 2.45) is 0 Å². The molecule has 1 saturated heterocycles. The number of halogens is 1. The van der Waals surface area contributed by atoms with Crippen LogP contribution in [0.1, 0.15) is 39.6 Å². The zero-order chi connectivity index (χ0) is 19.4. The number of aryl methyl sites for hydroxylation is 1. The molecular formula is C21H21ClO5. The van der Waals surface area contributed by atoms with Gasteiger partial charge in [0.15, 0.2) is 0 Å². The van der Waals surface area contributed by atoms with Crippen LogP contribution in [0.15, 0.2) is 48.5 Å². The minimum Gasteiger partial charge on any atom is -0.459 e. The zero-order valence-corrected chi connectivity index (χ0v) is 15.9. The fourth-order valence-corrected chi connectivity index (χ4v) is 3.04. The van der Waals surface area contributed by atoms with Gasteiger partial charge in [-0.15, -0.1) is 0 Å². The van der Waals surface area contributed by atoms with Crippen molar-refractivity contribution >= 4 is 23.5 Å². The lowest BCUT2D eigenvalue weighted by molar-refractivity contribution is -0.0394. The maximum Gasteiger partial charge on any atom is 0.338 e. The van der Waals surface area contributed by atoms with Gasteiger partial charge in [0.25, 0.3) is 0 Å². The molecule has 142 valence electrons. The summed E-state index contributed by atoms with van der Waals surface area (Å²) in [5, 5.41) is 0.544. The fraction of sp³-hybridized carbons (Fsp3) is 0.333. The summed E-state index contributed by atoms with van der Waals surface area (Å²) in [6.45, 7) is 3.86. The van der Waals surface area contributed by atoms with Crippen LogP contribution in [0, 0.1) is 6.92 Å². The van der Waals surface area contributed by atoms with Crippen LogP contribution in [0.3, 0.4) is 0 Å². The van der Waals surface area contributed by atoms with Gasteiger partial charge in [-0.1, -0.05) is 29.3 Å². The number of esters is 2. The van der Waals surface area contributed by atoms with E-state index in [-0.39, 0.29) is 12.7 Å². The standard InChI is InChI=1S/C21H21ClO5/c1-13-3-5-16(6-4-13)21(24)27-18-11-14(2)26-19(18)12-25-20(23)15-7-9-17(22)10-8-15/h3-10,14,18-19H,11-12H2,1-2H3/t14?,18-,19-/m1/s1. The van der Waals surface area contributed by atoms with E-state index >= 15 is 0 Å². The monoisotopic (exact) mass is 388 g/mol. The summed E-state index contributed by atoms with van der Waals surface area (Å²) < 4.78 is 16.7. The summed E-state index contributed by atoms with van der Waals surface area (Å²) >= 11 is 5.82. The number of rotatable bonds is 5. The first-order chi connectivity index (χ1) is 12.9. The fourth-order valence-electron chi connectivity index (χ4n) is 2.91. The molecule has 0 aliphatic carbocycles. The SMILES string of the molecule is Cc1ccc(C(=O)O[C@@H]2CC(C)O[C@@H]2COC(=O)c2ccc(Cl)cc2)cc1. The van der Waals surface area contributed by atoms with Gasteiger partial charge in [0, 0.05) is 11.4 Å². The molecule has 2 aromatic carbocycles. The zero-order valence-electron chi connectivity index (χ0n) is 15.2. The molecule has 0 radical (unpaired) electrons. The quantitative estimate of drug-likeness (QED) is 0.718. The molecule has 0 spiro atoms. The van der Waals surface area contributed by atoms with Crippen molar-refractivity contribution in [3.05, 3.63) is 70.2 Å². The van der Waals surface area contributed by atoms with Crippen molar-refractivity contribution in [1.82, 2.24) is 0 Å². The Morgan fingerprint density at radius 1 is 1.04 bits per heavy atom. The second kappa shape index (κ2) is 8.55. The van der Waals surface area contributed by atoms with Crippen LogP contribution < -0.4 is 0 Å². The molecule has 0 amide bonds. The topological polar surface area (TPSA) is 61.8 Å². The van der Waals surface area contributed by atoms with Gasteiger partial charge in [-0.05, 0) is 50.2 Å². The molecule has 0 N–H and O–H groups in total. The normalized spacial score (nSPS) is 21.7. The number of carbonyl (C=O) groups excluding carboxylic acids is 2. The van der Waals surface area contributed by atoms with E-state index in [0.717, 1.165) is 5.56 Å². The van der Waals surface area contributed by atoms with Crippen LogP contribution in [-0.4, -0.2) is 36.9 Å². The van der Waals surface area contributed by atoms with Crippen molar-refractivity contribution in [3.63, 3.8) is 0 Å². The molecule has 27 heavy (non-hydrogen) atoms. The van der Waals surface area contributed by atoms with Gasteiger partial charge in [-0.3, -0.25) is 0 Å². The van der Waals surface area contributed by atoms with Crippen LogP contribution in [0.4, 0.5) is 0 Å². The smallest absolute Gasteiger partial charge is 0.338 e. The minimum absolute atomic E-state index is 0.0116. The Hall–Kier alpha value is -2.37. The Kier molecular flexibility index (Phi) is 6.14. The molecule has 0 aromatic heterocycles. The van der Waals surface area contributed by atoms with Crippen molar-refractivity contribution in [2.75, 3.05) is 6.61 Å². The van der Waals surface area contributed by atoms with E-state index < -0.39 is 24.1 Å². The van der Waals surface area contributed by atoms with E-state index in [1.807, 2.05) is 26.0 Å². The van der Waals surface area contributed by atoms with Crippen molar-refractivity contribution in [2.45, 2.75) is 38.6 Å². The van der Waals surface area contributed by atoms with Crippen LogP contribution in [0.5, 0.6) is 0 Å². The summed E-state index contributed by atoms with van der Waals surface area (Å²) in [5.74, 6) is -0.884. The third kappa shape index (κ3) is 5.08. The van der Waals surface area contributed by atoms with Crippen LogP contribution in [-0.2, 0) is 14.2 Å². The van der Waals surface area contributed by atoms with E-state index in [1.54, 1.807) is 36.4 Å². The van der Waals surface area contributed by atoms with E-state index in [1.165, 1.54) is 0 Å². The molecule has 6 heteroatoms. The molecule has 2 aromatic rings. The highest BCUT2D eigenvalue weighted by Gasteiger charge is 2.37. The van der Waals surface area contributed by atoms with Gasteiger partial charge in [-0.25, -0.2) is 9.59 Å². The number of ether oxygens (including phenoxy) is 3. The Bertz CT molecular complexity index is 800. The predicted octanol–water partition coefficient (Wildman–Crippen LogP) is 4.21. The first-order valence-electron chi connectivity index (χ1n) is 8.78. The third-order valence-corrected chi connectivity index (χ3v) is 4.64. The van der Waals surface area contributed by atoms with Gasteiger partial charge < -0.3 is 14.2 Å². The highest BCUT2D eigenvalue weighted by atomic mass is 35.5. The third-order valence-electron chi connectivity index (χ3n) is 4.39. The lowest BCUT2D eigenvalue weighted by atomic mass is 10.1. The molecule has 1 aliphatic heterocycles. The molecule has 1 aliphatic rings. The Balaban J connectivity index is 1.58. The molecule has 0 bridgehead atoms. The van der Waals surface area contributed by atoms with Gasteiger partial charge in [0.1, 0.15) is 18.8 Å². The van der Waals surface area contributed by atoms with Crippen LogP contribution >= 0.6 is 11.6 Å². The molecule has 0 saturated carbocycles. The molecular weight excluding hydrogens is 368 g/mol. The Morgan fingerprint density at radius 2 is 1.63 bits per heavy atom. The summed E-state index contributed by atoms with van der Waals surface area (Å²) in [6, 6.07) is 13.6. The van der Waals surface area contributed by atoms with E-state index in [9.17, 15) is 9.59 Å². The summed E-state index contributed by atoms with van der Waals surface area (Å²) in [6.07, 6.45) is -0.488. The van der Waals surface area contributed by atoms with E-state index in [0.29, 0.717) is 22.6 Å². The predicted molar refractivity (Wildman–Crippen MR) is 101 cm³/mol. The highest BCUT2D eigenvalue weighted by molar-refractivity contribution is 6.30. The van der Waals surface area contributed by atoms with Crippen molar-refractivity contribution < 1.29 is 23.8 Å². The summed E-state index contributed by atoms with van der Waals surface area (Å²) in [4.78, 5) is 24.5. The van der Waals surface area contributed by atoms with Crippen LogP contribution in [0.2, 0.25) is 5.02 Å². The average Bonchev–Trinajstić information content (AvgIpc) is 3.00. The number of hydrogen-bond acceptors (Lipinski definition) is 5.